The van der Waals surface area contributed by atoms with Gasteiger partial charge in [-0.2, -0.15) is 0 Å². The molecule has 118 valence electrons. The summed E-state index contributed by atoms with van der Waals surface area (Å²) in [7, 11) is 0. The summed E-state index contributed by atoms with van der Waals surface area (Å²) in [6, 6.07) is 3.71. The number of imidazole rings is 1. The van der Waals surface area contributed by atoms with E-state index in [0.29, 0.717) is 13.1 Å². The normalized spacial score (nSPS) is 19.3. The van der Waals surface area contributed by atoms with Crippen molar-refractivity contribution in [2.24, 2.45) is 0 Å². The van der Waals surface area contributed by atoms with E-state index in [-0.39, 0.29) is 12.1 Å². The number of aromatic nitrogens is 2. The van der Waals surface area contributed by atoms with Crippen LogP contribution in [0.15, 0.2) is 35.2 Å². The Balaban J connectivity index is 1.61. The van der Waals surface area contributed by atoms with Crippen molar-refractivity contribution >= 4 is 6.03 Å². The van der Waals surface area contributed by atoms with Crippen molar-refractivity contribution in [3.8, 4) is 0 Å². The SMILES string of the molecule is CCN1CCN(C(=O)NCc2ccco2)CC1c1ncc[nH]1. The minimum absolute atomic E-state index is 0.0660. The lowest BCUT2D eigenvalue weighted by atomic mass is 10.1. The van der Waals surface area contributed by atoms with Crippen LogP contribution in [0.3, 0.4) is 0 Å². The summed E-state index contributed by atoms with van der Waals surface area (Å²) in [5, 5.41) is 2.90. The lowest BCUT2D eigenvalue weighted by Gasteiger charge is -2.39. The first-order valence-electron chi connectivity index (χ1n) is 7.56. The fraction of sp³-hybridized carbons (Fsp3) is 0.467. The van der Waals surface area contributed by atoms with Crippen LogP contribution >= 0.6 is 0 Å². The first-order chi connectivity index (χ1) is 10.8. The number of nitrogens with zero attached hydrogens (tertiary/aromatic N) is 3. The molecule has 22 heavy (non-hydrogen) atoms. The molecule has 1 atom stereocenters. The summed E-state index contributed by atoms with van der Waals surface area (Å²) in [5.74, 6) is 1.66. The highest BCUT2D eigenvalue weighted by Crippen LogP contribution is 2.22. The van der Waals surface area contributed by atoms with Crippen molar-refractivity contribution in [1.29, 1.82) is 0 Å². The molecule has 7 heteroatoms. The Hall–Kier alpha value is -2.28. The van der Waals surface area contributed by atoms with Gasteiger partial charge in [0.05, 0.1) is 18.8 Å². The van der Waals surface area contributed by atoms with Crippen molar-refractivity contribution in [2.75, 3.05) is 26.2 Å². The number of H-pyrrole nitrogens is 1. The van der Waals surface area contributed by atoms with Gasteiger partial charge in [-0.3, -0.25) is 4.90 Å². The predicted octanol–water partition coefficient (Wildman–Crippen LogP) is 1.59. The van der Waals surface area contributed by atoms with Crippen LogP contribution in [0.4, 0.5) is 4.79 Å². The topological polar surface area (TPSA) is 77.4 Å². The smallest absolute Gasteiger partial charge is 0.317 e. The summed E-state index contributed by atoms with van der Waals surface area (Å²) < 4.78 is 5.23. The molecular formula is C15H21N5O2. The maximum atomic E-state index is 12.3. The number of urea groups is 1. The number of piperazine rings is 1. The molecule has 1 aliphatic heterocycles. The highest BCUT2D eigenvalue weighted by Gasteiger charge is 2.31. The molecule has 1 fully saturated rings. The standard InChI is InChI=1S/C15H21N5O2/c1-2-19-7-8-20(11-13(19)14-16-5-6-17-14)15(21)18-10-12-4-3-9-22-12/h3-6,9,13H,2,7-8,10-11H2,1H3,(H,16,17)(H,18,21). The Morgan fingerprint density at radius 1 is 1.55 bits per heavy atom. The molecule has 0 aliphatic carbocycles. The first kappa shape index (κ1) is 14.6. The van der Waals surface area contributed by atoms with Crippen molar-refractivity contribution in [2.45, 2.75) is 19.5 Å². The van der Waals surface area contributed by atoms with Crippen molar-refractivity contribution in [3.63, 3.8) is 0 Å². The summed E-state index contributed by atoms with van der Waals surface area (Å²) in [6.07, 6.45) is 5.17. The maximum absolute atomic E-state index is 12.3. The van der Waals surface area contributed by atoms with Gasteiger partial charge in [0.1, 0.15) is 11.6 Å². The van der Waals surface area contributed by atoms with Crippen LogP contribution in [0.5, 0.6) is 0 Å². The average Bonchev–Trinajstić information content (AvgIpc) is 3.25. The van der Waals surface area contributed by atoms with Gasteiger partial charge in [0.15, 0.2) is 0 Å². The Kier molecular flexibility index (Phi) is 4.43. The summed E-state index contributed by atoms with van der Waals surface area (Å²) in [5.41, 5.74) is 0. The van der Waals surface area contributed by atoms with Crippen LogP contribution in [0.2, 0.25) is 0 Å². The van der Waals surface area contributed by atoms with Gasteiger partial charge in [0.2, 0.25) is 0 Å². The van der Waals surface area contributed by atoms with Crippen LogP contribution in [0.25, 0.3) is 0 Å². The van der Waals surface area contributed by atoms with Gasteiger partial charge in [-0.15, -0.1) is 0 Å². The van der Waals surface area contributed by atoms with E-state index in [1.807, 2.05) is 23.2 Å². The molecule has 2 aromatic heterocycles. The third-order valence-corrected chi connectivity index (χ3v) is 4.01. The zero-order chi connectivity index (χ0) is 15.4. The third kappa shape index (κ3) is 3.14. The molecule has 1 saturated heterocycles. The number of carbonyl (C=O) groups excluding carboxylic acids is 1. The van der Waals surface area contributed by atoms with Gasteiger partial charge < -0.3 is 19.6 Å². The van der Waals surface area contributed by atoms with Gasteiger partial charge in [0, 0.05) is 32.0 Å². The molecule has 2 N–H and O–H groups in total. The van der Waals surface area contributed by atoms with E-state index in [9.17, 15) is 4.79 Å². The fourth-order valence-electron chi connectivity index (χ4n) is 2.79. The van der Waals surface area contributed by atoms with E-state index < -0.39 is 0 Å². The number of nitrogens with one attached hydrogen (secondary N) is 2. The van der Waals surface area contributed by atoms with E-state index in [1.165, 1.54) is 0 Å². The fourth-order valence-corrected chi connectivity index (χ4v) is 2.79. The van der Waals surface area contributed by atoms with Crippen molar-refractivity contribution in [1.82, 2.24) is 25.1 Å². The van der Waals surface area contributed by atoms with E-state index in [0.717, 1.165) is 31.2 Å². The first-order valence-corrected chi connectivity index (χ1v) is 7.56. The van der Waals surface area contributed by atoms with E-state index >= 15 is 0 Å². The number of hydrogen-bond acceptors (Lipinski definition) is 4. The highest BCUT2D eigenvalue weighted by molar-refractivity contribution is 5.74. The Morgan fingerprint density at radius 2 is 2.45 bits per heavy atom. The number of likely N-dealkylation sites (N-methyl/N-ethyl adjacent to an activating group) is 1. The zero-order valence-electron chi connectivity index (χ0n) is 12.7. The second-order valence-electron chi connectivity index (χ2n) is 5.30. The number of hydrogen-bond donors (Lipinski definition) is 2. The molecule has 3 heterocycles. The summed E-state index contributed by atoms with van der Waals surface area (Å²) in [6.45, 7) is 5.66. The Bertz CT molecular complexity index is 581. The van der Waals surface area contributed by atoms with E-state index in [1.54, 1.807) is 12.5 Å². The quantitative estimate of drug-likeness (QED) is 0.899. The number of aromatic amines is 1. The van der Waals surface area contributed by atoms with Crippen LogP contribution in [0.1, 0.15) is 24.6 Å². The maximum Gasteiger partial charge on any atom is 0.317 e. The minimum atomic E-state index is -0.0660. The Labute approximate surface area is 129 Å². The Morgan fingerprint density at radius 3 is 3.14 bits per heavy atom. The molecule has 3 rings (SSSR count). The van der Waals surface area contributed by atoms with Crippen LogP contribution in [-0.2, 0) is 6.54 Å². The van der Waals surface area contributed by atoms with Gasteiger partial charge in [0.25, 0.3) is 0 Å². The van der Waals surface area contributed by atoms with Gasteiger partial charge in [-0.05, 0) is 18.7 Å². The highest BCUT2D eigenvalue weighted by atomic mass is 16.3. The molecule has 1 aliphatic rings. The van der Waals surface area contributed by atoms with Gasteiger partial charge in [-0.1, -0.05) is 6.92 Å². The minimum Gasteiger partial charge on any atom is -0.467 e. The number of furan rings is 1. The van der Waals surface area contributed by atoms with Gasteiger partial charge in [-0.25, -0.2) is 9.78 Å². The molecule has 0 bridgehead atoms. The lowest BCUT2D eigenvalue weighted by molar-refractivity contribution is 0.0894. The average molecular weight is 303 g/mol. The second-order valence-corrected chi connectivity index (χ2v) is 5.30. The zero-order valence-corrected chi connectivity index (χ0v) is 12.7. The lowest BCUT2D eigenvalue weighted by Crippen LogP contribution is -2.53. The van der Waals surface area contributed by atoms with Crippen LogP contribution in [-0.4, -0.2) is 52.0 Å². The number of carbonyl (C=O) groups is 1. The van der Waals surface area contributed by atoms with Gasteiger partial charge >= 0.3 is 6.03 Å². The third-order valence-electron chi connectivity index (χ3n) is 4.01. The molecule has 7 nitrogen and oxygen atoms in total. The molecule has 0 saturated carbocycles. The van der Waals surface area contributed by atoms with E-state index in [4.69, 9.17) is 4.42 Å². The van der Waals surface area contributed by atoms with Crippen LogP contribution in [0, 0.1) is 0 Å². The number of rotatable bonds is 4. The summed E-state index contributed by atoms with van der Waals surface area (Å²) in [4.78, 5) is 24.0. The van der Waals surface area contributed by atoms with Crippen LogP contribution < -0.4 is 5.32 Å². The monoisotopic (exact) mass is 303 g/mol. The predicted molar refractivity (Wildman–Crippen MR) is 81.1 cm³/mol. The largest absolute Gasteiger partial charge is 0.467 e. The molecule has 2 amide bonds. The molecule has 1 unspecified atom stereocenters. The molecule has 2 aromatic rings. The van der Waals surface area contributed by atoms with Crippen molar-refractivity contribution < 1.29 is 9.21 Å². The van der Waals surface area contributed by atoms with E-state index in [2.05, 4.69) is 27.1 Å². The summed E-state index contributed by atoms with van der Waals surface area (Å²) >= 11 is 0. The molecule has 0 radical (unpaired) electrons. The molecule has 0 spiro atoms. The molecular weight excluding hydrogens is 282 g/mol. The second kappa shape index (κ2) is 6.65. The molecule has 0 aromatic carbocycles. The number of amides is 2. The van der Waals surface area contributed by atoms with Crippen molar-refractivity contribution in [3.05, 3.63) is 42.4 Å².